The predicted octanol–water partition coefficient (Wildman–Crippen LogP) is 2.71. The molecule has 33 heavy (non-hydrogen) atoms. The van der Waals surface area contributed by atoms with Gasteiger partial charge in [-0.3, -0.25) is 13.9 Å². The number of nitrogens with one attached hydrogen (secondary N) is 1. The number of aryl methyl sites for hydroxylation is 1. The summed E-state index contributed by atoms with van der Waals surface area (Å²) in [5.41, 5.74) is 2.40. The number of para-hydroxylation sites is 2. The summed E-state index contributed by atoms with van der Waals surface area (Å²) in [7, 11) is -0.580. The van der Waals surface area contributed by atoms with E-state index in [9.17, 15) is 18.0 Å². The third-order valence-electron chi connectivity index (χ3n) is 5.52. The molecule has 1 atom stereocenters. The lowest BCUT2D eigenvalue weighted by molar-refractivity contribution is -0.140. The van der Waals surface area contributed by atoms with Gasteiger partial charge in [0.05, 0.1) is 19.1 Å². The average molecular weight is 476 g/mol. The second kappa shape index (κ2) is 11.7. The minimum absolute atomic E-state index is 0.0917. The van der Waals surface area contributed by atoms with Crippen molar-refractivity contribution in [3.8, 4) is 5.75 Å². The van der Waals surface area contributed by atoms with Gasteiger partial charge in [0.1, 0.15) is 11.8 Å². The van der Waals surface area contributed by atoms with E-state index in [2.05, 4.69) is 5.32 Å². The van der Waals surface area contributed by atoms with Gasteiger partial charge in [-0.1, -0.05) is 36.4 Å². The van der Waals surface area contributed by atoms with Crippen molar-refractivity contribution >= 4 is 27.5 Å². The van der Waals surface area contributed by atoms with Gasteiger partial charge in [-0.15, -0.1) is 0 Å². The van der Waals surface area contributed by atoms with E-state index in [1.165, 1.54) is 23.4 Å². The standard InChI is InChI=1S/C24H33N3O5S/c1-18-11-6-7-12-20(18)17-26(19(2)24(29)25-3)23(28)15-10-16-27(33(5,30)31)21-13-8-9-14-22(21)32-4/h6-9,11-14,19H,10,15-17H2,1-5H3,(H,25,29)/t19-/m0/s1. The Morgan fingerprint density at radius 1 is 1.09 bits per heavy atom. The summed E-state index contributed by atoms with van der Waals surface area (Å²) in [6, 6.07) is 13.9. The zero-order chi connectivity index (χ0) is 24.6. The molecule has 0 saturated heterocycles. The molecule has 1 N–H and O–H groups in total. The number of hydrogen-bond donors (Lipinski definition) is 1. The molecule has 8 nitrogen and oxygen atoms in total. The van der Waals surface area contributed by atoms with Gasteiger partial charge in [0.15, 0.2) is 0 Å². The number of anilines is 1. The predicted molar refractivity (Wildman–Crippen MR) is 130 cm³/mol. The van der Waals surface area contributed by atoms with Crippen molar-refractivity contribution in [2.45, 2.75) is 39.3 Å². The first-order valence-electron chi connectivity index (χ1n) is 10.8. The smallest absolute Gasteiger partial charge is 0.242 e. The van der Waals surface area contributed by atoms with E-state index in [1.54, 1.807) is 31.2 Å². The molecule has 0 bridgehead atoms. The number of amides is 2. The highest BCUT2D eigenvalue weighted by Crippen LogP contribution is 2.29. The molecule has 180 valence electrons. The van der Waals surface area contributed by atoms with Gasteiger partial charge in [0.25, 0.3) is 0 Å². The van der Waals surface area contributed by atoms with Crippen LogP contribution >= 0.6 is 0 Å². The van der Waals surface area contributed by atoms with Gasteiger partial charge in [-0.05, 0) is 43.5 Å². The number of nitrogens with zero attached hydrogens (tertiary/aromatic N) is 2. The average Bonchev–Trinajstić information content (AvgIpc) is 2.79. The van der Waals surface area contributed by atoms with Crippen molar-refractivity contribution < 1.29 is 22.7 Å². The lowest BCUT2D eigenvalue weighted by Crippen LogP contribution is -2.47. The van der Waals surface area contributed by atoms with Gasteiger partial charge in [-0.2, -0.15) is 0 Å². The zero-order valence-corrected chi connectivity index (χ0v) is 20.7. The number of carbonyl (C=O) groups is 2. The number of ether oxygens (including phenoxy) is 1. The summed E-state index contributed by atoms with van der Waals surface area (Å²) < 4.78 is 31.4. The fraction of sp³-hybridized carbons (Fsp3) is 0.417. The van der Waals surface area contributed by atoms with Crippen molar-refractivity contribution in [3.05, 3.63) is 59.7 Å². The second-order valence-electron chi connectivity index (χ2n) is 7.85. The van der Waals surface area contributed by atoms with Gasteiger partial charge in [-0.25, -0.2) is 8.42 Å². The molecule has 0 unspecified atom stereocenters. The first-order valence-corrected chi connectivity index (χ1v) is 12.6. The van der Waals surface area contributed by atoms with Crippen LogP contribution in [0.25, 0.3) is 0 Å². The maximum Gasteiger partial charge on any atom is 0.242 e. The van der Waals surface area contributed by atoms with E-state index in [0.29, 0.717) is 18.0 Å². The molecule has 0 aromatic heterocycles. The fourth-order valence-electron chi connectivity index (χ4n) is 3.58. The van der Waals surface area contributed by atoms with E-state index in [1.807, 2.05) is 31.2 Å². The van der Waals surface area contributed by atoms with Crippen molar-refractivity contribution in [1.82, 2.24) is 10.2 Å². The van der Waals surface area contributed by atoms with Crippen LogP contribution in [0, 0.1) is 6.92 Å². The number of sulfonamides is 1. The lowest BCUT2D eigenvalue weighted by atomic mass is 10.1. The monoisotopic (exact) mass is 475 g/mol. The molecule has 0 saturated carbocycles. The number of rotatable bonds is 11. The molecule has 9 heteroatoms. The maximum atomic E-state index is 13.2. The summed E-state index contributed by atoms with van der Waals surface area (Å²) in [5.74, 6) is -0.0461. The Kier molecular flexibility index (Phi) is 9.28. The van der Waals surface area contributed by atoms with Crippen LogP contribution < -0.4 is 14.4 Å². The first kappa shape index (κ1) is 26.2. The molecule has 2 rings (SSSR count). The summed E-state index contributed by atoms with van der Waals surface area (Å²) in [6.07, 6.45) is 1.50. The Morgan fingerprint density at radius 3 is 2.33 bits per heavy atom. The zero-order valence-electron chi connectivity index (χ0n) is 19.9. The highest BCUT2D eigenvalue weighted by atomic mass is 32.2. The van der Waals surface area contributed by atoms with Crippen LogP contribution in [0.5, 0.6) is 5.75 Å². The van der Waals surface area contributed by atoms with Gasteiger partial charge in [0, 0.05) is 26.6 Å². The molecule has 0 fully saturated rings. The Morgan fingerprint density at radius 2 is 1.73 bits per heavy atom. The largest absolute Gasteiger partial charge is 0.495 e. The molecule has 0 heterocycles. The normalized spacial score (nSPS) is 12.0. The number of carbonyl (C=O) groups excluding carboxylic acids is 2. The quantitative estimate of drug-likeness (QED) is 0.539. The second-order valence-corrected chi connectivity index (χ2v) is 9.76. The molecule has 0 radical (unpaired) electrons. The van der Waals surface area contributed by atoms with E-state index in [0.717, 1.165) is 17.4 Å². The van der Waals surface area contributed by atoms with E-state index < -0.39 is 16.1 Å². The first-order chi connectivity index (χ1) is 15.6. The Balaban J connectivity index is 2.19. The molecular formula is C24H33N3O5S. The van der Waals surface area contributed by atoms with Gasteiger partial charge < -0.3 is 15.0 Å². The van der Waals surface area contributed by atoms with Crippen LogP contribution in [-0.4, -0.2) is 58.1 Å². The van der Waals surface area contributed by atoms with Gasteiger partial charge >= 0.3 is 0 Å². The summed E-state index contributed by atoms with van der Waals surface area (Å²) in [6.45, 7) is 4.05. The van der Waals surface area contributed by atoms with E-state index >= 15 is 0 Å². The molecule has 0 spiro atoms. The minimum atomic E-state index is -3.59. The molecule has 0 aliphatic rings. The molecular weight excluding hydrogens is 442 g/mol. The van der Waals surface area contributed by atoms with Crippen molar-refractivity contribution in [2.24, 2.45) is 0 Å². The Bertz CT molecular complexity index is 1070. The minimum Gasteiger partial charge on any atom is -0.495 e. The third kappa shape index (κ3) is 6.95. The molecule has 0 aliphatic heterocycles. The lowest BCUT2D eigenvalue weighted by Gasteiger charge is -2.29. The molecule has 2 amide bonds. The summed E-state index contributed by atoms with van der Waals surface area (Å²) in [5, 5.41) is 2.59. The SMILES string of the molecule is CNC(=O)[C@H](C)N(Cc1ccccc1C)C(=O)CCCN(c1ccccc1OC)S(C)(=O)=O. The highest BCUT2D eigenvalue weighted by molar-refractivity contribution is 7.92. The Labute approximate surface area is 196 Å². The third-order valence-corrected chi connectivity index (χ3v) is 6.70. The number of hydrogen-bond acceptors (Lipinski definition) is 5. The number of likely N-dealkylation sites (N-methyl/N-ethyl adjacent to an activating group) is 1. The van der Waals surface area contributed by atoms with E-state index in [-0.39, 0.29) is 31.2 Å². The fourth-order valence-corrected chi connectivity index (χ4v) is 4.55. The molecule has 2 aromatic rings. The van der Waals surface area contributed by atoms with Crippen LogP contribution in [0.2, 0.25) is 0 Å². The summed E-state index contributed by atoms with van der Waals surface area (Å²) >= 11 is 0. The van der Waals surface area contributed by atoms with Gasteiger partial charge in [0.2, 0.25) is 21.8 Å². The van der Waals surface area contributed by atoms with Crippen molar-refractivity contribution in [2.75, 3.05) is 31.3 Å². The maximum absolute atomic E-state index is 13.2. The van der Waals surface area contributed by atoms with Crippen LogP contribution in [-0.2, 0) is 26.2 Å². The van der Waals surface area contributed by atoms with Crippen LogP contribution in [0.4, 0.5) is 5.69 Å². The van der Waals surface area contributed by atoms with Crippen LogP contribution in [0.1, 0.15) is 30.9 Å². The Hall–Kier alpha value is -3.07. The number of benzene rings is 2. The van der Waals surface area contributed by atoms with Crippen molar-refractivity contribution in [3.63, 3.8) is 0 Å². The summed E-state index contributed by atoms with van der Waals surface area (Å²) in [4.78, 5) is 27.0. The highest BCUT2D eigenvalue weighted by Gasteiger charge is 2.27. The topological polar surface area (TPSA) is 96.0 Å². The van der Waals surface area contributed by atoms with Crippen LogP contribution in [0.15, 0.2) is 48.5 Å². The number of methoxy groups -OCH3 is 1. The molecule has 0 aliphatic carbocycles. The van der Waals surface area contributed by atoms with Crippen molar-refractivity contribution in [1.29, 1.82) is 0 Å². The van der Waals surface area contributed by atoms with E-state index in [4.69, 9.17) is 4.74 Å². The molecule has 2 aromatic carbocycles. The van der Waals surface area contributed by atoms with Crippen LogP contribution in [0.3, 0.4) is 0 Å².